The molecule has 0 aliphatic heterocycles. The largest absolute Gasteiger partial charge is 0.508 e. The van der Waals surface area contributed by atoms with Crippen molar-refractivity contribution in [2.24, 2.45) is 0 Å². The van der Waals surface area contributed by atoms with E-state index in [1.54, 1.807) is 24.3 Å². The number of esters is 1. The van der Waals surface area contributed by atoms with Crippen molar-refractivity contribution < 1.29 is 24.9 Å². The number of phenolic OH excluding ortho intramolecular Hbond substituents is 1. The van der Waals surface area contributed by atoms with E-state index in [4.69, 9.17) is 20.1 Å². The highest BCUT2D eigenvalue weighted by Crippen LogP contribution is 2.11. The van der Waals surface area contributed by atoms with Crippen molar-refractivity contribution in [3.63, 3.8) is 0 Å². The number of carbonyl (C=O) groups excluding carboxylic acids is 1. The molecule has 5 nitrogen and oxygen atoms in total. The molecule has 17 heavy (non-hydrogen) atoms. The van der Waals surface area contributed by atoms with Crippen molar-refractivity contribution in [2.45, 2.75) is 18.9 Å². The molecule has 3 N–H and O–H groups in total. The van der Waals surface area contributed by atoms with Crippen LogP contribution >= 0.6 is 0 Å². The summed E-state index contributed by atoms with van der Waals surface area (Å²) in [6, 6.07) is 6.56. The fourth-order valence-electron chi connectivity index (χ4n) is 1.22. The fourth-order valence-corrected chi connectivity index (χ4v) is 1.22. The molecule has 0 spiro atoms. The quantitative estimate of drug-likeness (QED) is 0.619. The Bertz CT molecular complexity index is 346. The minimum absolute atomic E-state index is 0.183. The summed E-state index contributed by atoms with van der Waals surface area (Å²) >= 11 is 0. The second-order valence-corrected chi connectivity index (χ2v) is 3.69. The predicted molar refractivity (Wildman–Crippen MR) is 60.5 cm³/mol. The van der Waals surface area contributed by atoms with Gasteiger partial charge in [0.05, 0.1) is 6.61 Å². The van der Waals surface area contributed by atoms with Gasteiger partial charge in [0.2, 0.25) is 0 Å². The summed E-state index contributed by atoms with van der Waals surface area (Å²) in [5.41, 5.74) is 0.919. The van der Waals surface area contributed by atoms with Gasteiger partial charge in [0.15, 0.2) is 0 Å². The van der Waals surface area contributed by atoms with E-state index in [1.807, 2.05) is 0 Å². The van der Waals surface area contributed by atoms with Crippen LogP contribution in [0.4, 0.5) is 0 Å². The van der Waals surface area contributed by atoms with Crippen molar-refractivity contribution in [1.82, 2.24) is 0 Å². The van der Waals surface area contributed by atoms with E-state index in [0.717, 1.165) is 5.56 Å². The Morgan fingerprint density at radius 1 is 1.29 bits per heavy atom. The molecule has 0 radical (unpaired) electrons. The van der Waals surface area contributed by atoms with Crippen LogP contribution in [0.25, 0.3) is 0 Å². The third-order valence-electron chi connectivity index (χ3n) is 2.20. The molecular formula is C12H16O5. The summed E-state index contributed by atoms with van der Waals surface area (Å²) in [7, 11) is 0. The average Bonchev–Trinajstić information content (AvgIpc) is 2.35. The zero-order valence-electron chi connectivity index (χ0n) is 9.37. The van der Waals surface area contributed by atoms with Gasteiger partial charge in [0, 0.05) is 6.42 Å². The van der Waals surface area contributed by atoms with E-state index >= 15 is 0 Å². The highest BCUT2D eigenvalue weighted by Gasteiger charge is 2.07. The first-order valence-electron chi connectivity index (χ1n) is 5.34. The molecular weight excluding hydrogens is 224 g/mol. The lowest BCUT2D eigenvalue weighted by molar-refractivity contribution is -0.147. The highest BCUT2D eigenvalue weighted by atomic mass is 16.5. The van der Waals surface area contributed by atoms with Crippen LogP contribution in [0.1, 0.15) is 12.0 Å². The van der Waals surface area contributed by atoms with Gasteiger partial charge < -0.3 is 20.1 Å². The Morgan fingerprint density at radius 3 is 2.53 bits per heavy atom. The van der Waals surface area contributed by atoms with Crippen molar-refractivity contribution >= 4 is 5.97 Å². The molecule has 0 heterocycles. The zero-order chi connectivity index (χ0) is 12.7. The predicted octanol–water partition coefficient (Wildman–Crippen LogP) is 0.221. The number of aryl methyl sites for hydroxylation is 1. The second-order valence-electron chi connectivity index (χ2n) is 3.69. The molecule has 1 aromatic rings. The van der Waals surface area contributed by atoms with E-state index in [9.17, 15) is 4.79 Å². The zero-order valence-corrected chi connectivity index (χ0v) is 9.37. The van der Waals surface area contributed by atoms with E-state index in [2.05, 4.69) is 0 Å². The fraction of sp³-hybridized carbons (Fsp3) is 0.417. The normalized spacial score (nSPS) is 12.1. The minimum atomic E-state index is -1.02. The molecule has 0 aromatic heterocycles. The molecule has 1 atom stereocenters. The van der Waals surface area contributed by atoms with E-state index < -0.39 is 18.7 Å². The number of ether oxygens (including phenoxy) is 1. The summed E-state index contributed by atoms with van der Waals surface area (Å²) in [6.07, 6.45) is -0.315. The van der Waals surface area contributed by atoms with Gasteiger partial charge in [0.1, 0.15) is 18.5 Å². The number of rotatable bonds is 6. The lowest BCUT2D eigenvalue weighted by atomic mass is 10.1. The molecule has 0 saturated heterocycles. The molecule has 1 rings (SSSR count). The van der Waals surface area contributed by atoms with Crippen LogP contribution in [-0.4, -0.2) is 40.6 Å². The lowest BCUT2D eigenvalue weighted by Gasteiger charge is -2.08. The summed E-state index contributed by atoms with van der Waals surface area (Å²) < 4.78 is 4.74. The van der Waals surface area contributed by atoms with Gasteiger partial charge in [-0.1, -0.05) is 12.1 Å². The molecule has 0 bridgehead atoms. The van der Waals surface area contributed by atoms with Crippen LogP contribution < -0.4 is 0 Å². The summed E-state index contributed by atoms with van der Waals surface area (Å²) in [5.74, 6) is -0.243. The first-order valence-corrected chi connectivity index (χ1v) is 5.34. The van der Waals surface area contributed by atoms with Gasteiger partial charge in [0.25, 0.3) is 0 Å². The third-order valence-corrected chi connectivity index (χ3v) is 2.20. The minimum Gasteiger partial charge on any atom is -0.508 e. The van der Waals surface area contributed by atoms with Gasteiger partial charge in [-0.15, -0.1) is 0 Å². The van der Waals surface area contributed by atoms with Crippen molar-refractivity contribution in [3.8, 4) is 5.75 Å². The topological polar surface area (TPSA) is 87.0 Å². The number of phenols is 1. The van der Waals surface area contributed by atoms with Crippen LogP contribution in [0.5, 0.6) is 5.75 Å². The first kappa shape index (κ1) is 13.5. The van der Waals surface area contributed by atoms with Gasteiger partial charge in [-0.2, -0.15) is 0 Å². The van der Waals surface area contributed by atoms with Gasteiger partial charge in [-0.3, -0.25) is 4.79 Å². The van der Waals surface area contributed by atoms with E-state index in [0.29, 0.717) is 6.42 Å². The summed E-state index contributed by atoms with van der Waals surface area (Å²) in [6.45, 7) is -0.615. The number of hydrogen-bond acceptors (Lipinski definition) is 5. The number of aromatic hydroxyl groups is 1. The Hall–Kier alpha value is -1.59. The van der Waals surface area contributed by atoms with Gasteiger partial charge >= 0.3 is 5.97 Å². The Balaban J connectivity index is 2.26. The number of aliphatic hydroxyl groups is 2. The number of hydrogen-bond donors (Lipinski definition) is 3. The van der Waals surface area contributed by atoms with Gasteiger partial charge in [-0.05, 0) is 24.1 Å². The van der Waals surface area contributed by atoms with Gasteiger partial charge in [-0.25, -0.2) is 0 Å². The molecule has 1 aromatic carbocycles. The standard InChI is InChI=1S/C12H16O5/c13-7-11(15)8-17-12(16)6-3-9-1-4-10(14)5-2-9/h1-2,4-5,11,13-15H,3,6-8H2/t11-/m0/s1. The first-order chi connectivity index (χ1) is 8.11. The Labute approximate surface area is 99.3 Å². The second kappa shape index (κ2) is 6.88. The molecule has 94 valence electrons. The van der Waals surface area contributed by atoms with Crippen LogP contribution in [-0.2, 0) is 16.0 Å². The molecule has 0 amide bonds. The maximum atomic E-state index is 11.2. The molecule has 0 aliphatic rings. The Kier molecular flexibility index (Phi) is 5.45. The molecule has 0 fully saturated rings. The molecule has 0 aliphatic carbocycles. The van der Waals surface area contributed by atoms with Crippen molar-refractivity contribution in [2.75, 3.05) is 13.2 Å². The number of aliphatic hydroxyl groups excluding tert-OH is 2. The van der Waals surface area contributed by atoms with Crippen LogP contribution in [0.2, 0.25) is 0 Å². The smallest absolute Gasteiger partial charge is 0.306 e. The summed E-state index contributed by atoms with van der Waals surface area (Å²) in [5, 5.41) is 26.5. The number of carbonyl (C=O) groups is 1. The average molecular weight is 240 g/mol. The summed E-state index contributed by atoms with van der Waals surface area (Å²) in [4.78, 5) is 11.2. The van der Waals surface area contributed by atoms with Crippen LogP contribution in [0.3, 0.4) is 0 Å². The monoisotopic (exact) mass is 240 g/mol. The maximum absolute atomic E-state index is 11.2. The molecule has 5 heteroatoms. The Morgan fingerprint density at radius 2 is 1.94 bits per heavy atom. The van der Waals surface area contributed by atoms with E-state index in [1.165, 1.54) is 0 Å². The van der Waals surface area contributed by atoms with Crippen LogP contribution in [0.15, 0.2) is 24.3 Å². The molecule has 0 saturated carbocycles. The number of benzene rings is 1. The third kappa shape index (κ3) is 5.33. The maximum Gasteiger partial charge on any atom is 0.306 e. The highest BCUT2D eigenvalue weighted by molar-refractivity contribution is 5.69. The molecule has 0 unspecified atom stereocenters. The van der Waals surface area contributed by atoms with Crippen molar-refractivity contribution in [1.29, 1.82) is 0 Å². The van der Waals surface area contributed by atoms with Crippen LogP contribution in [0, 0.1) is 0 Å². The SMILES string of the molecule is O=C(CCc1ccc(O)cc1)OC[C@@H](O)CO. The van der Waals surface area contributed by atoms with Crippen molar-refractivity contribution in [3.05, 3.63) is 29.8 Å². The lowest BCUT2D eigenvalue weighted by Crippen LogP contribution is -2.22. The van der Waals surface area contributed by atoms with E-state index in [-0.39, 0.29) is 18.8 Å².